The zero-order valence-electron chi connectivity index (χ0n) is 51.7. The van der Waals surface area contributed by atoms with Crippen molar-refractivity contribution in [1.29, 1.82) is 0 Å². The first-order chi connectivity index (χ1) is 38.0. The number of esters is 3. The Morgan fingerprint density at radius 1 is 0.260 bits per heavy atom. The summed E-state index contributed by atoms with van der Waals surface area (Å²) in [5, 5.41) is 0. The Kier molecular flexibility index (Phi) is 63.6. The van der Waals surface area contributed by atoms with Crippen molar-refractivity contribution in [3.63, 3.8) is 0 Å². The zero-order valence-corrected chi connectivity index (χ0v) is 51.7. The lowest BCUT2D eigenvalue weighted by Gasteiger charge is -2.18. The summed E-state index contributed by atoms with van der Waals surface area (Å²) in [5.74, 6) is -0.862. The highest BCUT2D eigenvalue weighted by Gasteiger charge is 2.19. The quantitative estimate of drug-likeness (QED) is 0.0261. The zero-order chi connectivity index (χ0) is 55.7. The van der Waals surface area contributed by atoms with Crippen molar-refractivity contribution in [3.05, 3.63) is 48.6 Å². The second-order valence-corrected chi connectivity index (χ2v) is 23.1. The minimum atomic E-state index is -0.777. The highest BCUT2D eigenvalue weighted by molar-refractivity contribution is 5.71. The van der Waals surface area contributed by atoms with Gasteiger partial charge in [0.05, 0.1) is 0 Å². The van der Waals surface area contributed by atoms with E-state index >= 15 is 0 Å². The third kappa shape index (κ3) is 64.1. The van der Waals surface area contributed by atoms with E-state index in [1.54, 1.807) is 0 Å². The molecule has 0 fully saturated rings. The molecule has 0 saturated carbocycles. The van der Waals surface area contributed by atoms with Gasteiger partial charge in [-0.15, -0.1) is 0 Å². The molecule has 1 unspecified atom stereocenters. The lowest BCUT2D eigenvalue weighted by atomic mass is 10.0. The molecule has 0 aromatic heterocycles. The highest BCUT2D eigenvalue weighted by Crippen LogP contribution is 2.17. The molecular weight excluding hydrogens is 949 g/mol. The Morgan fingerprint density at radius 3 is 0.740 bits per heavy atom. The van der Waals surface area contributed by atoms with Gasteiger partial charge < -0.3 is 14.2 Å². The van der Waals surface area contributed by atoms with E-state index in [0.717, 1.165) is 70.6 Å². The molecule has 0 radical (unpaired) electrons. The molecule has 6 nitrogen and oxygen atoms in total. The number of allylic oxidation sites excluding steroid dienone is 8. The second-order valence-electron chi connectivity index (χ2n) is 23.1. The average molecular weight is 1080 g/mol. The van der Waals surface area contributed by atoms with Gasteiger partial charge in [0.2, 0.25) is 0 Å². The van der Waals surface area contributed by atoms with Crippen LogP contribution in [-0.2, 0) is 28.6 Å². The molecule has 6 heteroatoms. The molecule has 0 heterocycles. The summed E-state index contributed by atoms with van der Waals surface area (Å²) in [5.41, 5.74) is 0. The van der Waals surface area contributed by atoms with E-state index in [0.29, 0.717) is 19.3 Å². The van der Waals surface area contributed by atoms with E-state index in [4.69, 9.17) is 14.2 Å². The van der Waals surface area contributed by atoms with Gasteiger partial charge in [-0.1, -0.05) is 294 Å². The van der Waals surface area contributed by atoms with Crippen LogP contribution in [0, 0.1) is 0 Å². The molecule has 450 valence electrons. The molecule has 0 spiro atoms. The number of hydrogen-bond acceptors (Lipinski definition) is 6. The van der Waals surface area contributed by atoms with E-state index in [9.17, 15) is 14.4 Å². The van der Waals surface area contributed by atoms with Crippen LogP contribution >= 0.6 is 0 Å². The monoisotopic (exact) mass is 1080 g/mol. The maximum atomic E-state index is 12.9. The van der Waals surface area contributed by atoms with Gasteiger partial charge in [-0.25, -0.2) is 0 Å². The molecular formula is C71H130O6. The molecule has 77 heavy (non-hydrogen) atoms. The van der Waals surface area contributed by atoms with Crippen LogP contribution in [-0.4, -0.2) is 37.2 Å². The van der Waals surface area contributed by atoms with E-state index in [1.165, 1.54) is 257 Å². The van der Waals surface area contributed by atoms with Gasteiger partial charge in [-0.2, -0.15) is 0 Å². The maximum absolute atomic E-state index is 12.9. The van der Waals surface area contributed by atoms with E-state index in [1.807, 2.05) is 0 Å². The molecule has 1 atom stereocenters. The summed E-state index contributed by atoms with van der Waals surface area (Å²) in [6.07, 6.45) is 82.7. The SMILES string of the molecule is CCCCCC/C=C\CCCCCCCC(=O)OCC(COC(=O)CCCCCCCCCCCCCCCCC/C=C\C/C=C\CCCCCCC)OC(=O)CCCCCCCCCCC/C=C\CCCCCCCC. The predicted octanol–water partition coefficient (Wildman–Crippen LogP) is 23.3. The van der Waals surface area contributed by atoms with Gasteiger partial charge in [-0.05, 0) is 103 Å². The number of rotatable bonds is 63. The maximum Gasteiger partial charge on any atom is 0.306 e. The van der Waals surface area contributed by atoms with Crippen LogP contribution in [0.25, 0.3) is 0 Å². The Hall–Kier alpha value is -2.63. The summed E-state index contributed by atoms with van der Waals surface area (Å²) >= 11 is 0. The van der Waals surface area contributed by atoms with Gasteiger partial charge in [0, 0.05) is 19.3 Å². The Balaban J connectivity index is 4.23. The van der Waals surface area contributed by atoms with E-state index in [2.05, 4.69) is 69.4 Å². The fraction of sp³-hybridized carbons (Fsp3) is 0.845. The second kappa shape index (κ2) is 65.9. The minimum Gasteiger partial charge on any atom is -0.462 e. The highest BCUT2D eigenvalue weighted by atomic mass is 16.6. The molecule has 0 aliphatic heterocycles. The lowest BCUT2D eigenvalue weighted by Crippen LogP contribution is -2.30. The molecule has 0 bridgehead atoms. The van der Waals surface area contributed by atoms with Crippen molar-refractivity contribution >= 4 is 17.9 Å². The minimum absolute atomic E-state index is 0.0733. The van der Waals surface area contributed by atoms with E-state index in [-0.39, 0.29) is 31.1 Å². The third-order valence-electron chi connectivity index (χ3n) is 15.3. The van der Waals surface area contributed by atoms with Gasteiger partial charge in [0.25, 0.3) is 0 Å². The molecule has 0 rings (SSSR count). The van der Waals surface area contributed by atoms with Crippen LogP contribution in [0.4, 0.5) is 0 Å². The van der Waals surface area contributed by atoms with Gasteiger partial charge in [0.1, 0.15) is 13.2 Å². The van der Waals surface area contributed by atoms with Crippen LogP contribution in [0.1, 0.15) is 367 Å². The fourth-order valence-corrected chi connectivity index (χ4v) is 10.1. The third-order valence-corrected chi connectivity index (χ3v) is 15.3. The van der Waals surface area contributed by atoms with Crippen LogP contribution in [0.2, 0.25) is 0 Å². The van der Waals surface area contributed by atoms with Gasteiger partial charge in [-0.3, -0.25) is 14.4 Å². The van der Waals surface area contributed by atoms with Crippen molar-refractivity contribution in [2.24, 2.45) is 0 Å². The van der Waals surface area contributed by atoms with Crippen LogP contribution < -0.4 is 0 Å². The summed E-state index contributed by atoms with van der Waals surface area (Å²) in [4.78, 5) is 38.4. The lowest BCUT2D eigenvalue weighted by molar-refractivity contribution is -0.167. The molecule has 0 aromatic rings. The van der Waals surface area contributed by atoms with Crippen molar-refractivity contribution < 1.29 is 28.6 Å². The first-order valence-corrected chi connectivity index (χ1v) is 34.1. The van der Waals surface area contributed by atoms with Gasteiger partial charge >= 0.3 is 17.9 Å². The summed E-state index contributed by atoms with van der Waals surface area (Å²) in [7, 11) is 0. The topological polar surface area (TPSA) is 78.9 Å². The van der Waals surface area contributed by atoms with Crippen molar-refractivity contribution in [3.8, 4) is 0 Å². The van der Waals surface area contributed by atoms with Crippen molar-refractivity contribution in [1.82, 2.24) is 0 Å². The van der Waals surface area contributed by atoms with E-state index < -0.39 is 6.10 Å². The molecule has 0 amide bonds. The number of carbonyl (C=O) groups is 3. The average Bonchev–Trinajstić information content (AvgIpc) is 3.43. The Bertz CT molecular complexity index is 1330. The standard InChI is InChI=1S/C71H130O6/c1-4-7-10-13-16-19-22-25-27-29-31-32-33-34-35-36-37-38-40-41-43-46-49-52-55-58-61-64-70(73)76-67-68(66-75-69(72)63-60-57-54-51-48-45-24-21-18-15-12-9-6-3)77-71(74)65-62-59-56-53-50-47-44-42-39-30-28-26-23-20-17-14-11-8-5-2/h21-22,24-26,28-29,31,68H,4-20,23,27,30,32-67H2,1-3H3/b24-21-,25-22-,28-26-,31-29-. The van der Waals surface area contributed by atoms with Crippen LogP contribution in [0.3, 0.4) is 0 Å². The smallest absolute Gasteiger partial charge is 0.306 e. The molecule has 0 aromatic carbocycles. The Labute approximate surface area is 479 Å². The normalized spacial score (nSPS) is 12.3. The summed E-state index contributed by atoms with van der Waals surface area (Å²) < 4.78 is 17.0. The van der Waals surface area contributed by atoms with Crippen LogP contribution in [0.5, 0.6) is 0 Å². The molecule has 0 N–H and O–H groups in total. The number of ether oxygens (including phenoxy) is 3. The molecule has 0 aliphatic rings. The number of unbranched alkanes of at least 4 members (excludes halogenated alkanes) is 44. The number of carbonyl (C=O) groups excluding carboxylic acids is 3. The predicted molar refractivity (Wildman–Crippen MR) is 335 cm³/mol. The Morgan fingerprint density at radius 2 is 0.468 bits per heavy atom. The fourth-order valence-electron chi connectivity index (χ4n) is 10.1. The molecule has 0 aliphatic carbocycles. The molecule has 0 saturated heterocycles. The number of hydrogen-bond donors (Lipinski definition) is 0. The summed E-state index contributed by atoms with van der Waals surface area (Å²) in [6, 6.07) is 0. The first kappa shape index (κ1) is 74.4. The first-order valence-electron chi connectivity index (χ1n) is 34.1. The largest absolute Gasteiger partial charge is 0.462 e. The van der Waals surface area contributed by atoms with Gasteiger partial charge in [0.15, 0.2) is 6.10 Å². The van der Waals surface area contributed by atoms with Crippen LogP contribution in [0.15, 0.2) is 48.6 Å². The summed E-state index contributed by atoms with van der Waals surface area (Å²) in [6.45, 7) is 6.66. The van der Waals surface area contributed by atoms with Crippen molar-refractivity contribution in [2.75, 3.05) is 13.2 Å². The van der Waals surface area contributed by atoms with Crippen molar-refractivity contribution in [2.45, 2.75) is 374 Å².